The minimum Gasteiger partial charge on any atom is -0.496 e. The molecule has 1 atom stereocenters. The maximum Gasteiger partial charge on any atom is 0.133 e. The first-order chi connectivity index (χ1) is 10.0. The number of likely N-dealkylation sites (N-methyl/N-ethyl adjacent to an activating group) is 1. The third-order valence-corrected chi connectivity index (χ3v) is 4.31. The molecule has 0 amide bonds. The molecule has 21 heavy (non-hydrogen) atoms. The summed E-state index contributed by atoms with van der Waals surface area (Å²) in [6.45, 7) is 2.06. The Bertz CT molecular complexity index is 610. The van der Waals surface area contributed by atoms with Gasteiger partial charge in [-0.25, -0.2) is 0 Å². The van der Waals surface area contributed by atoms with Crippen molar-refractivity contribution in [1.29, 1.82) is 0 Å². The molecule has 2 rings (SSSR count). The number of nitrogens with one attached hydrogen (secondary N) is 1. The van der Waals surface area contributed by atoms with Gasteiger partial charge in [0.05, 0.1) is 11.6 Å². The van der Waals surface area contributed by atoms with Crippen molar-refractivity contribution in [3.05, 3.63) is 62.6 Å². The number of benzene rings is 2. The summed E-state index contributed by atoms with van der Waals surface area (Å²) in [5, 5.41) is 4.14. The van der Waals surface area contributed by atoms with Crippen LogP contribution in [0.2, 0.25) is 5.02 Å². The molecule has 2 aromatic rings. The quantitative estimate of drug-likeness (QED) is 0.808. The van der Waals surface area contributed by atoms with E-state index in [2.05, 4.69) is 46.4 Å². The van der Waals surface area contributed by atoms with Gasteiger partial charge in [-0.3, -0.25) is 0 Å². The number of ether oxygens (including phenoxy) is 1. The van der Waals surface area contributed by atoms with E-state index in [0.29, 0.717) is 0 Å². The Labute approximate surface area is 139 Å². The smallest absolute Gasteiger partial charge is 0.133 e. The first-order valence-corrected chi connectivity index (χ1v) is 7.97. The highest BCUT2D eigenvalue weighted by molar-refractivity contribution is 9.10. The Balaban J connectivity index is 2.24. The Morgan fingerprint density at radius 1 is 1.24 bits per heavy atom. The Kier molecular flexibility index (Phi) is 5.68. The molecule has 0 heterocycles. The lowest BCUT2D eigenvalue weighted by molar-refractivity contribution is 0.412. The van der Waals surface area contributed by atoms with Crippen LogP contribution in [0.5, 0.6) is 5.75 Å². The zero-order valence-corrected chi connectivity index (χ0v) is 14.8. The molecule has 0 spiro atoms. The van der Waals surface area contributed by atoms with Crippen molar-refractivity contribution in [2.45, 2.75) is 19.4 Å². The van der Waals surface area contributed by atoms with Gasteiger partial charge in [0.2, 0.25) is 0 Å². The summed E-state index contributed by atoms with van der Waals surface area (Å²) in [5.74, 6) is 0.846. The van der Waals surface area contributed by atoms with Crippen LogP contribution in [-0.2, 0) is 6.42 Å². The maximum atomic E-state index is 6.17. The molecule has 0 radical (unpaired) electrons. The number of rotatable bonds is 5. The van der Waals surface area contributed by atoms with Crippen molar-refractivity contribution in [2.24, 2.45) is 0 Å². The highest BCUT2D eigenvalue weighted by atomic mass is 79.9. The van der Waals surface area contributed by atoms with Crippen molar-refractivity contribution in [3.63, 3.8) is 0 Å². The first-order valence-electron chi connectivity index (χ1n) is 6.80. The molecule has 112 valence electrons. The third-order valence-electron chi connectivity index (χ3n) is 3.47. The fourth-order valence-electron chi connectivity index (χ4n) is 2.42. The van der Waals surface area contributed by atoms with Crippen molar-refractivity contribution >= 4 is 27.5 Å². The highest BCUT2D eigenvalue weighted by Crippen LogP contribution is 2.28. The van der Waals surface area contributed by atoms with Crippen LogP contribution in [-0.4, -0.2) is 14.2 Å². The molecule has 4 heteroatoms. The number of hydrogen-bond donors (Lipinski definition) is 1. The average Bonchev–Trinajstić information content (AvgIpc) is 2.43. The Morgan fingerprint density at radius 2 is 2.00 bits per heavy atom. The largest absolute Gasteiger partial charge is 0.496 e. The van der Waals surface area contributed by atoms with Crippen LogP contribution in [0, 0.1) is 6.92 Å². The molecule has 0 aliphatic carbocycles. The predicted octanol–water partition coefficient (Wildman–Crippen LogP) is 4.92. The predicted molar refractivity (Wildman–Crippen MR) is 92.4 cm³/mol. The van der Waals surface area contributed by atoms with E-state index in [1.807, 2.05) is 25.2 Å². The second kappa shape index (κ2) is 7.30. The van der Waals surface area contributed by atoms with Crippen LogP contribution in [0.1, 0.15) is 22.7 Å². The van der Waals surface area contributed by atoms with Gasteiger partial charge >= 0.3 is 0 Å². The number of hydrogen-bond acceptors (Lipinski definition) is 2. The van der Waals surface area contributed by atoms with Crippen molar-refractivity contribution < 1.29 is 4.74 Å². The molecule has 0 fully saturated rings. The van der Waals surface area contributed by atoms with E-state index in [1.165, 1.54) is 16.7 Å². The van der Waals surface area contributed by atoms with E-state index in [-0.39, 0.29) is 6.04 Å². The van der Waals surface area contributed by atoms with Crippen LogP contribution in [0.25, 0.3) is 0 Å². The zero-order valence-electron chi connectivity index (χ0n) is 12.4. The van der Waals surface area contributed by atoms with Crippen LogP contribution in [0.4, 0.5) is 0 Å². The van der Waals surface area contributed by atoms with Crippen LogP contribution < -0.4 is 10.1 Å². The zero-order chi connectivity index (χ0) is 15.4. The Morgan fingerprint density at radius 3 is 2.57 bits per heavy atom. The minimum absolute atomic E-state index is 0.225. The summed E-state index contributed by atoms with van der Waals surface area (Å²) in [6.07, 6.45) is 0.888. The average molecular weight is 369 g/mol. The summed E-state index contributed by atoms with van der Waals surface area (Å²) in [6, 6.07) is 12.6. The van der Waals surface area contributed by atoms with Crippen molar-refractivity contribution in [3.8, 4) is 5.75 Å². The lowest BCUT2D eigenvalue weighted by Gasteiger charge is -2.18. The molecule has 2 nitrogen and oxygen atoms in total. The van der Waals surface area contributed by atoms with E-state index in [0.717, 1.165) is 21.7 Å². The molecule has 0 saturated heterocycles. The Hall–Kier alpha value is -1.03. The fraction of sp³-hybridized carbons (Fsp3) is 0.294. The SMILES string of the molecule is CNC(Cc1ccc(OC)c(Br)c1)c1cc(C)cc(Cl)c1. The maximum absolute atomic E-state index is 6.17. The lowest BCUT2D eigenvalue weighted by Crippen LogP contribution is -2.19. The van der Waals surface area contributed by atoms with Crippen molar-refractivity contribution in [1.82, 2.24) is 5.32 Å². The summed E-state index contributed by atoms with van der Waals surface area (Å²) < 4.78 is 6.24. The van der Waals surface area contributed by atoms with Gasteiger partial charge in [-0.15, -0.1) is 0 Å². The normalized spacial score (nSPS) is 12.2. The molecule has 0 aliphatic rings. The highest BCUT2D eigenvalue weighted by Gasteiger charge is 2.12. The molecule has 2 aromatic carbocycles. The van der Waals surface area contributed by atoms with E-state index in [4.69, 9.17) is 16.3 Å². The third kappa shape index (κ3) is 4.22. The number of methoxy groups -OCH3 is 1. The van der Waals surface area contributed by atoms with Crippen LogP contribution in [0.3, 0.4) is 0 Å². The molecule has 1 unspecified atom stereocenters. The van der Waals surface area contributed by atoms with Crippen LogP contribution in [0.15, 0.2) is 40.9 Å². The molecule has 0 saturated carbocycles. The molecule has 0 aliphatic heterocycles. The lowest BCUT2D eigenvalue weighted by atomic mass is 9.97. The van der Waals surface area contributed by atoms with Gasteiger partial charge in [-0.1, -0.05) is 23.7 Å². The number of halogens is 2. The van der Waals surface area contributed by atoms with E-state index >= 15 is 0 Å². The van der Waals surface area contributed by atoms with Gasteiger partial charge in [0.1, 0.15) is 5.75 Å². The molecule has 0 bridgehead atoms. The van der Waals surface area contributed by atoms with Gasteiger partial charge < -0.3 is 10.1 Å². The summed E-state index contributed by atoms with van der Waals surface area (Å²) in [7, 11) is 3.64. The fourth-order valence-corrected chi connectivity index (χ4v) is 3.31. The molecule has 0 aromatic heterocycles. The monoisotopic (exact) mass is 367 g/mol. The summed E-state index contributed by atoms with van der Waals surface area (Å²) >= 11 is 9.70. The summed E-state index contributed by atoms with van der Waals surface area (Å²) in [5.41, 5.74) is 3.61. The van der Waals surface area contributed by atoms with Gasteiger partial charge in [0, 0.05) is 11.1 Å². The second-order valence-electron chi connectivity index (χ2n) is 5.08. The van der Waals surface area contributed by atoms with Gasteiger partial charge in [-0.2, -0.15) is 0 Å². The summed E-state index contributed by atoms with van der Waals surface area (Å²) in [4.78, 5) is 0. The number of aryl methyl sites for hydroxylation is 1. The minimum atomic E-state index is 0.225. The second-order valence-corrected chi connectivity index (χ2v) is 6.37. The van der Waals surface area contributed by atoms with Crippen LogP contribution >= 0.6 is 27.5 Å². The molecular formula is C17H19BrClNO. The standard InChI is InChI=1S/C17H19BrClNO/c1-11-6-13(10-14(19)7-11)16(20-2)9-12-4-5-17(21-3)15(18)8-12/h4-8,10,16,20H,9H2,1-3H3. The van der Waals surface area contributed by atoms with Crippen molar-refractivity contribution in [2.75, 3.05) is 14.2 Å². The van der Waals surface area contributed by atoms with Gasteiger partial charge in [0.15, 0.2) is 0 Å². The van der Waals surface area contributed by atoms with E-state index in [9.17, 15) is 0 Å². The van der Waals surface area contributed by atoms with Gasteiger partial charge in [-0.05, 0) is 77.3 Å². The first kappa shape index (κ1) is 16.3. The topological polar surface area (TPSA) is 21.3 Å². The van der Waals surface area contributed by atoms with E-state index < -0.39 is 0 Å². The molecule has 1 N–H and O–H groups in total. The van der Waals surface area contributed by atoms with E-state index in [1.54, 1.807) is 7.11 Å². The molecular weight excluding hydrogens is 350 g/mol. The van der Waals surface area contributed by atoms with Gasteiger partial charge in [0.25, 0.3) is 0 Å².